The molecule has 4 rings (SSSR count). The monoisotopic (exact) mass is 380 g/mol. The highest BCUT2D eigenvalue weighted by atomic mass is 16.3. The molecule has 3 heterocycles. The Morgan fingerprint density at radius 2 is 2.00 bits per heavy atom. The first-order valence-corrected chi connectivity index (χ1v) is 9.35. The van der Waals surface area contributed by atoms with Crippen LogP contribution < -0.4 is 5.73 Å². The van der Waals surface area contributed by atoms with E-state index in [0.29, 0.717) is 22.9 Å². The average molecular weight is 380 g/mol. The van der Waals surface area contributed by atoms with Crippen molar-refractivity contribution < 1.29 is 9.21 Å². The highest BCUT2D eigenvalue weighted by Gasteiger charge is 2.25. The summed E-state index contributed by atoms with van der Waals surface area (Å²) in [4.78, 5) is 21.2. The summed E-state index contributed by atoms with van der Waals surface area (Å²) < 4.78 is 5.87. The van der Waals surface area contributed by atoms with E-state index in [4.69, 9.17) is 10.2 Å². The predicted molar refractivity (Wildman–Crippen MR) is 107 cm³/mol. The Morgan fingerprint density at radius 1 is 1.25 bits per heavy atom. The van der Waals surface area contributed by atoms with Crippen molar-refractivity contribution in [3.8, 4) is 22.9 Å². The lowest BCUT2D eigenvalue weighted by molar-refractivity contribution is 0.0659. The van der Waals surface area contributed by atoms with Crippen molar-refractivity contribution >= 4 is 11.9 Å². The molecule has 0 saturated carbocycles. The molecule has 1 aliphatic heterocycles. The second kappa shape index (κ2) is 7.47. The summed E-state index contributed by atoms with van der Waals surface area (Å²) in [5, 5.41) is 6.54. The zero-order chi connectivity index (χ0) is 19.7. The number of piperidine rings is 1. The zero-order valence-electron chi connectivity index (χ0n) is 16.1. The van der Waals surface area contributed by atoms with Gasteiger partial charge in [0.05, 0.1) is 0 Å². The fourth-order valence-corrected chi connectivity index (χ4v) is 3.56. The zero-order valence-corrected chi connectivity index (χ0v) is 16.1. The van der Waals surface area contributed by atoms with E-state index in [9.17, 15) is 4.79 Å². The van der Waals surface area contributed by atoms with Gasteiger partial charge in [0, 0.05) is 24.2 Å². The van der Waals surface area contributed by atoms with Crippen LogP contribution in [0.15, 0.2) is 40.8 Å². The van der Waals surface area contributed by atoms with Crippen LogP contribution in [0.3, 0.4) is 0 Å². The Labute approximate surface area is 163 Å². The van der Waals surface area contributed by atoms with Gasteiger partial charge in [0.2, 0.25) is 5.95 Å². The maximum atomic E-state index is 13.0. The fourth-order valence-electron chi connectivity index (χ4n) is 3.56. The molecule has 1 amide bonds. The highest BCUT2D eigenvalue weighted by Crippen LogP contribution is 2.28. The van der Waals surface area contributed by atoms with E-state index in [1.54, 1.807) is 6.07 Å². The molecule has 3 N–H and O–H groups in total. The average Bonchev–Trinajstić information content (AvgIpc) is 3.37. The number of aromatic nitrogens is 3. The molecule has 0 aliphatic carbocycles. The number of likely N-dealkylation sites (tertiary alicyclic amines) is 1. The molecule has 1 aliphatic rings. The number of carbonyl (C=O) groups is 1. The van der Waals surface area contributed by atoms with Crippen LogP contribution in [0.1, 0.15) is 23.2 Å². The van der Waals surface area contributed by atoms with Gasteiger partial charge >= 0.3 is 0 Å². The minimum atomic E-state index is 0.0335. The first-order chi connectivity index (χ1) is 13.5. The minimum Gasteiger partial charge on any atom is -0.453 e. The van der Waals surface area contributed by atoms with E-state index >= 15 is 0 Å². The lowest BCUT2D eigenvalue weighted by atomic mass is 10.0. The number of nitrogens with two attached hydrogens (primary N) is 1. The summed E-state index contributed by atoms with van der Waals surface area (Å²) in [6, 6.07) is 11.4. The summed E-state index contributed by atoms with van der Waals surface area (Å²) in [5.41, 5.74) is 7.03. The molecule has 0 spiro atoms. The smallest absolute Gasteiger partial charge is 0.253 e. The van der Waals surface area contributed by atoms with Gasteiger partial charge in [-0.3, -0.25) is 9.89 Å². The summed E-state index contributed by atoms with van der Waals surface area (Å²) in [5.74, 6) is 1.86. The first kappa shape index (κ1) is 18.2. The van der Waals surface area contributed by atoms with Gasteiger partial charge in [-0.05, 0) is 57.2 Å². The first-order valence-electron chi connectivity index (χ1n) is 9.35. The SMILES string of the molecule is CN1CCC(N(C)C(=O)c2cccc(-c3ccc(-c4nc(N)n[nH]4)o3)c2)CC1. The second-order valence-electron chi connectivity index (χ2n) is 7.24. The van der Waals surface area contributed by atoms with E-state index in [0.717, 1.165) is 31.5 Å². The normalized spacial score (nSPS) is 15.6. The van der Waals surface area contributed by atoms with Gasteiger partial charge in [0.1, 0.15) is 5.76 Å². The lowest BCUT2D eigenvalue weighted by Gasteiger charge is -2.35. The number of carbonyl (C=O) groups excluding carboxylic acids is 1. The number of hydrogen-bond donors (Lipinski definition) is 2. The molecule has 0 bridgehead atoms. The van der Waals surface area contributed by atoms with Crippen LogP contribution in [0.5, 0.6) is 0 Å². The number of rotatable bonds is 4. The molecular formula is C20H24N6O2. The van der Waals surface area contributed by atoms with Gasteiger partial charge < -0.3 is 20.0 Å². The molecule has 146 valence electrons. The van der Waals surface area contributed by atoms with Crippen LogP contribution in [0.2, 0.25) is 0 Å². The largest absolute Gasteiger partial charge is 0.453 e. The van der Waals surface area contributed by atoms with Crippen molar-refractivity contribution in [2.24, 2.45) is 0 Å². The molecule has 0 atom stereocenters. The van der Waals surface area contributed by atoms with Gasteiger partial charge in [0.15, 0.2) is 11.6 Å². The van der Waals surface area contributed by atoms with Gasteiger partial charge in [-0.2, -0.15) is 4.98 Å². The van der Waals surface area contributed by atoms with Gasteiger partial charge in [-0.15, -0.1) is 5.10 Å². The Hall–Kier alpha value is -3.13. The standard InChI is InChI=1S/C20H24N6O2/c1-25-10-8-15(9-11-25)26(2)19(27)14-5-3-4-13(12-14)16-6-7-17(28-16)18-22-20(21)24-23-18/h3-7,12,15H,8-11H2,1-2H3,(H3,21,22,23,24). The van der Waals surface area contributed by atoms with E-state index in [1.807, 2.05) is 42.3 Å². The number of anilines is 1. The van der Waals surface area contributed by atoms with Crippen LogP contribution in [0.4, 0.5) is 5.95 Å². The van der Waals surface area contributed by atoms with Gasteiger partial charge in [-0.25, -0.2) is 0 Å². The third-order valence-corrected chi connectivity index (χ3v) is 5.29. The van der Waals surface area contributed by atoms with Crippen LogP contribution in [-0.4, -0.2) is 64.1 Å². The predicted octanol–water partition coefficient (Wildman–Crippen LogP) is 2.48. The van der Waals surface area contributed by atoms with E-state index < -0.39 is 0 Å². The Bertz CT molecular complexity index is 970. The number of aromatic amines is 1. The van der Waals surface area contributed by atoms with E-state index in [1.165, 1.54) is 0 Å². The van der Waals surface area contributed by atoms with E-state index in [2.05, 4.69) is 27.1 Å². The van der Waals surface area contributed by atoms with Crippen molar-refractivity contribution in [1.29, 1.82) is 0 Å². The van der Waals surface area contributed by atoms with Gasteiger partial charge in [-0.1, -0.05) is 12.1 Å². The van der Waals surface area contributed by atoms with Crippen molar-refractivity contribution in [2.75, 3.05) is 32.9 Å². The molecule has 2 aromatic heterocycles. The molecule has 28 heavy (non-hydrogen) atoms. The number of nitrogens with zero attached hydrogens (tertiary/aromatic N) is 4. The van der Waals surface area contributed by atoms with Crippen molar-refractivity contribution in [3.05, 3.63) is 42.0 Å². The third-order valence-electron chi connectivity index (χ3n) is 5.29. The number of H-pyrrole nitrogens is 1. The van der Waals surface area contributed by atoms with E-state index in [-0.39, 0.29) is 17.9 Å². The Balaban J connectivity index is 1.53. The lowest BCUT2D eigenvalue weighted by Crippen LogP contribution is -2.44. The molecule has 8 nitrogen and oxygen atoms in total. The van der Waals surface area contributed by atoms with Crippen molar-refractivity contribution in [3.63, 3.8) is 0 Å². The summed E-state index contributed by atoms with van der Waals surface area (Å²) in [7, 11) is 4.01. The molecule has 0 unspecified atom stereocenters. The third kappa shape index (κ3) is 3.63. The molecular weight excluding hydrogens is 356 g/mol. The Morgan fingerprint density at radius 3 is 2.71 bits per heavy atom. The summed E-state index contributed by atoms with van der Waals surface area (Å²) in [6.45, 7) is 2.04. The molecule has 8 heteroatoms. The second-order valence-corrected chi connectivity index (χ2v) is 7.24. The molecule has 1 aromatic carbocycles. The van der Waals surface area contributed by atoms with Crippen LogP contribution in [0, 0.1) is 0 Å². The summed E-state index contributed by atoms with van der Waals surface area (Å²) in [6.07, 6.45) is 2.00. The fraction of sp³-hybridized carbons (Fsp3) is 0.350. The van der Waals surface area contributed by atoms with Crippen LogP contribution in [-0.2, 0) is 0 Å². The number of hydrogen-bond acceptors (Lipinski definition) is 6. The van der Waals surface area contributed by atoms with Crippen molar-refractivity contribution in [1.82, 2.24) is 25.0 Å². The Kier molecular flexibility index (Phi) is 4.87. The topological polar surface area (TPSA) is 104 Å². The number of amides is 1. The molecule has 3 aromatic rings. The molecule has 0 radical (unpaired) electrons. The van der Waals surface area contributed by atoms with Crippen LogP contribution in [0.25, 0.3) is 22.9 Å². The molecule has 1 saturated heterocycles. The molecule has 1 fully saturated rings. The highest BCUT2D eigenvalue weighted by molar-refractivity contribution is 5.95. The minimum absolute atomic E-state index is 0.0335. The number of nitrogen functional groups attached to an aromatic ring is 1. The van der Waals surface area contributed by atoms with Crippen LogP contribution >= 0.6 is 0 Å². The quantitative estimate of drug-likeness (QED) is 0.721. The number of furan rings is 1. The number of benzene rings is 1. The van der Waals surface area contributed by atoms with Crippen molar-refractivity contribution in [2.45, 2.75) is 18.9 Å². The maximum absolute atomic E-state index is 13.0. The van der Waals surface area contributed by atoms with Gasteiger partial charge in [0.25, 0.3) is 5.91 Å². The number of nitrogens with one attached hydrogen (secondary N) is 1. The maximum Gasteiger partial charge on any atom is 0.253 e. The summed E-state index contributed by atoms with van der Waals surface area (Å²) >= 11 is 0.